The zero-order valence-electron chi connectivity index (χ0n) is 26.7. The molecule has 2 amide bonds. The normalized spacial score (nSPS) is 21.1. The van der Waals surface area contributed by atoms with Crippen LogP contribution in [0.3, 0.4) is 0 Å². The molecule has 7 rings (SSSR count). The van der Waals surface area contributed by atoms with Crippen LogP contribution in [-0.4, -0.2) is 65.8 Å². The molecule has 0 aromatic heterocycles. The lowest BCUT2D eigenvalue weighted by Gasteiger charge is -2.39. The lowest BCUT2D eigenvalue weighted by Crippen LogP contribution is -2.46. The second-order valence-corrected chi connectivity index (χ2v) is 15.0. The summed E-state index contributed by atoms with van der Waals surface area (Å²) in [7, 11) is 0. The van der Waals surface area contributed by atoms with E-state index in [4.69, 9.17) is 11.6 Å². The molecule has 4 aromatic rings. The van der Waals surface area contributed by atoms with Gasteiger partial charge in [-0.1, -0.05) is 100 Å². The number of halogens is 2. The average molecular weight is 711 g/mol. The van der Waals surface area contributed by atoms with Gasteiger partial charge in [-0.25, -0.2) is 0 Å². The molecule has 3 aliphatic rings. The summed E-state index contributed by atoms with van der Waals surface area (Å²) in [6.45, 7) is 5.71. The largest absolute Gasteiger partial charge is 0.338 e. The van der Waals surface area contributed by atoms with Gasteiger partial charge in [-0.05, 0) is 97.3 Å². The van der Waals surface area contributed by atoms with Gasteiger partial charge in [0.25, 0.3) is 5.91 Å². The van der Waals surface area contributed by atoms with E-state index in [1.165, 1.54) is 22.3 Å². The standard InChI is InChI=1S/C40H41BrClN3O2/c41-35-15-13-30(14-16-35)23-29-9-11-31(12-10-29)25-44-22-19-40(39(44)47)17-20-43(21-18-40)26-34-27-45(28-37(34)32-5-2-1-3-6-32)38(46)33-7-4-8-36(42)24-33/h1-16,24,34,37H,17-23,25-28H2/t34-,37+/m0/s1. The van der Waals surface area contributed by atoms with E-state index in [0.29, 0.717) is 35.5 Å². The summed E-state index contributed by atoms with van der Waals surface area (Å²) >= 11 is 9.73. The maximum absolute atomic E-state index is 13.8. The fourth-order valence-electron chi connectivity index (χ4n) is 7.93. The topological polar surface area (TPSA) is 43.9 Å². The highest BCUT2D eigenvalue weighted by atomic mass is 79.9. The predicted octanol–water partition coefficient (Wildman–Crippen LogP) is 8.06. The van der Waals surface area contributed by atoms with Gasteiger partial charge < -0.3 is 14.7 Å². The van der Waals surface area contributed by atoms with Gasteiger partial charge in [0.2, 0.25) is 5.91 Å². The molecule has 7 heteroatoms. The quantitative estimate of drug-likeness (QED) is 0.186. The molecule has 5 nitrogen and oxygen atoms in total. The first-order valence-electron chi connectivity index (χ1n) is 16.8. The van der Waals surface area contributed by atoms with Gasteiger partial charge in [-0.3, -0.25) is 9.59 Å². The van der Waals surface area contributed by atoms with Crippen molar-refractivity contribution in [1.29, 1.82) is 0 Å². The van der Waals surface area contributed by atoms with E-state index in [2.05, 4.69) is 105 Å². The molecule has 3 fully saturated rings. The van der Waals surface area contributed by atoms with Crippen molar-refractivity contribution in [2.75, 3.05) is 39.3 Å². The lowest BCUT2D eigenvalue weighted by molar-refractivity contribution is -0.139. The Bertz CT molecular complexity index is 1700. The molecule has 47 heavy (non-hydrogen) atoms. The smallest absolute Gasteiger partial charge is 0.253 e. The maximum Gasteiger partial charge on any atom is 0.253 e. The minimum absolute atomic E-state index is 0.0457. The van der Waals surface area contributed by atoms with Crippen molar-refractivity contribution >= 4 is 39.3 Å². The molecular weight excluding hydrogens is 670 g/mol. The van der Waals surface area contributed by atoms with Crippen molar-refractivity contribution in [3.63, 3.8) is 0 Å². The molecule has 3 saturated heterocycles. The van der Waals surface area contributed by atoms with E-state index >= 15 is 0 Å². The highest BCUT2D eigenvalue weighted by molar-refractivity contribution is 9.10. The van der Waals surface area contributed by atoms with Crippen molar-refractivity contribution in [2.24, 2.45) is 11.3 Å². The average Bonchev–Trinajstić information content (AvgIpc) is 3.65. The van der Waals surface area contributed by atoms with Gasteiger partial charge >= 0.3 is 0 Å². The van der Waals surface area contributed by atoms with Crippen molar-refractivity contribution in [2.45, 2.75) is 38.1 Å². The zero-order chi connectivity index (χ0) is 32.4. The Balaban J connectivity index is 0.954. The molecule has 0 saturated carbocycles. The number of likely N-dealkylation sites (tertiary alicyclic amines) is 3. The number of nitrogens with zero attached hydrogens (tertiary/aromatic N) is 3. The second-order valence-electron chi connectivity index (χ2n) is 13.7. The maximum atomic E-state index is 13.8. The van der Waals surface area contributed by atoms with E-state index in [0.717, 1.165) is 62.9 Å². The van der Waals surface area contributed by atoms with E-state index in [1.807, 2.05) is 17.0 Å². The molecule has 242 valence electrons. The number of piperidine rings is 1. The molecule has 3 aliphatic heterocycles. The Morgan fingerprint density at radius 1 is 0.787 bits per heavy atom. The monoisotopic (exact) mass is 709 g/mol. The summed E-state index contributed by atoms with van der Waals surface area (Å²) in [5.41, 5.74) is 5.46. The SMILES string of the molecule is O=C(c1cccc(Cl)c1)N1C[C@H](CN2CCC3(CC2)CCN(Cc2ccc(Cc4ccc(Br)cc4)cc2)C3=O)[C@@H](c2ccccc2)C1. The number of carbonyl (C=O) groups excluding carboxylic acids is 2. The number of benzene rings is 4. The molecule has 4 aromatic carbocycles. The van der Waals surface area contributed by atoms with Crippen LogP contribution in [0.4, 0.5) is 0 Å². The molecule has 0 unspecified atom stereocenters. The highest BCUT2D eigenvalue weighted by Crippen LogP contribution is 2.43. The van der Waals surface area contributed by atoms with E-state index < -0.39 is 0 Å². The van der Waals surface area contributed by atoms with Crippen molar-refractivity contribution in [3.05, 3.63) is 140 Å². The number of amides is 2. The van der Waals surface area contributed by atoms with Gasteiger partial charge in [0.05, 0.1) is 5.41 Å². The Morgan fingerprint density at radius 3 is 2.15 bits per heavy atom. The van der Waals surface area contributed by atoms with Crippen molar-refractivity contribution in [3.8, 4) is 0 Å². The Hall–Kier alpha value is -3.45. The van der Waals surface area contributed by atoms with Crippen LogP contribution in [0.5, 0.6) is 0 Å². The van der Waals surface area contributed by atoms with Crippen LogP contribution in [0.15, 0.2) is 108 Å². The molecule has 3 heterocycles. The van der Waals surface area contributed by atoms with Gasteiger partial charge in [0, 0.05) is 53.7 Å². The minimum Gasteiger partial charge on any atom is -0.338 e. The molecule has 0 radical (unpaired) electrons. The van der Waals surface area contributed by atoms with Crippen LogP contribution in [0, 0.1) is 11.3 Å². The minimum atomic E-state index is -0.235. The van der Waals surface area contributed by atoms with Crippen molar-refractivity contribution in [1.82, 2.24) is 14.7 Å². The fraction of sp³-hybridized carbons (Fsp3) is 0.350. The van der Waals surface area contributed by atoms with Gasteiger partial charge in [-0.15, -0.1) is 0 Å². The number of hydrogen-bond acceptors (Lipinski definition) is 3. The summed E-state index contributed by atoms with van der Waals surface area (Å²) in [5.74, 6) is 0.985. The van der Waals surface area contributed by atoms with Crippen LogP contribution in [0.2, 0.25) is 5.02 Å². The van der Waals surface area contributed by atoms with Gasteiger partial charge in [0.1, 0.15) is 0 Å². The molecule has 1 spiro atoms. The number of carbonyl (C=O) groups is 2. The van der Waals surface area contributed by atoms with E-state index in [1.54, 1.807) is 12.1 Å². The Kier molecular flexibility index (Phi) is 9.54. The predicted molar refractivity (Wildman–Crippen MR) is 192 cm³/mol. The summed E-state index contributed by atoms with van der Waals surface area (Å²) in [6, 6.07) is 35.1. The third-order valence-corrected chi connectivity index (χ3v) is 11.4. The molecule has 0 bridgehead atoms. The van der Waals surface area contributed by atoms with Gasteiger partial charge in [-0.2, -0.15) is 0 Å². The van der Waals surface area contributed by atoms with Crippen LogP contribution in [0.25, 0.3) is 0 Å². The molecule has 0 aliphatic carbocycles. The van der Waals surface area contributed by atoms with Crippen LogP contribution in [-0.2, 0) is 17.8 Å². The molecule has 0 N–H and O–H groups in total. The van der Waals surface area contributed by atoms with Crippen molar-refractivity contribution < 1.29 is 9.59 Å². The van der Waals surface area contributed by atoms with Crippen LogP contribution >= 0.6 is 27.5 Å². The first-order chi connectivity index (χ1) is 22.8. The highest BCUT2D eigenvalue weighted by Gasteiger charge is 2.48. The fourth-order valence-corrected chi connectivity index (χ4v) is 8.38. The summed E-state index contributed by atoms with van der Waals surface area (Å²) < 4.78 is 1.09. The lowest BCUT2D eigenvalue weighted by atomic mass is 9.76. The number of hydrogen-bond donors (Lipinski definition) is 0. The zero-order valence-corrected chi connectivity index (χ0v) is 29.0. The Morgan fingerprint density at radius 2 is 1.45 bits per heavy atom. The summed E-state index contributed by atoms with van der Waals surface area (Å²) in [6.07, 6.45) is 3.66. The van der Waals surface area contributed by atoms with Gasteiger partial charge in [0.15, 0.2) is 0 Å². The number of rotatable bonds is 8. The van der Waals surface area contributed by atoms with E-state index in [9.17, 15) is 9.59 Å². The molecular formula is C40H41BrClN3O2. The Labute approximate surface area is 291 Å². The van der Waals surface area contributed by atoms with E-state index in [-0.39, 0.29) is 17.2 Å². The molecule has 2 atom stereocenters. The van der Waals surface area contributed by atoms with Crippen LogP contribution in [0.1, 0.15) is 57.8 Å². The van der Waals surface area contributed by atoms with Crippen LogP contribution < -0.4 is 0 Å². The summed E-state index contributed by atoms with van der Waals surface area (Å²) in [4.78, 5) is 34.0. The first kappa shape index (κ1) is 32.1. The third kappa shape index (κ3) is 7.20. The third-order valence-electron chi connectivity index (χ3n) is 10.7. The summed E-state index contributed by atoms with van der Waals surface area (Å²) in [5, 5.41) is 0.582. The first-order valence-corrected chi connectivity index (χ1v) is 18.0. The second kappa shape index (κ2) is 14.0.